The summed E-state index contributed by atoms with van der Waals surface area (Å²) in [6.07, 6.45) is 1.26. The van der Waals surface area contributed by atoms with E-state index in [4.69, 9.17) is 4.98 Å². The normalized spacial score (nSPS) is 17.4. The van der Waals surface area contributed by atoms with E-state index in [1.54, 1.807) is 0 Å². The highest BCUT2D eigenvalue weighted by molar-refractivity contribution is 5.87. The molecule has 0 radical (unpaired) electrons. The fraction of sp³-hybridized carbons (Fsp3) is 0.174. The maximum atomic E-state index is 5.02. The summed E-state index contributed by atoms with van der Waals surface area (Å²) in [4.78, 5) is 7.57. The summed E-state index contributed by atoms with van der Waals surface area (Å²) in [5, 5.41) is 0. The van der Waals surface area contributed by atoms with Gasteiger partial charge in [0, 0.05) is 17.8 Å². The average Bonchev–Trinajstić information content (AvgIpc) is 3.07. The van der Waals surface area contributed by atoms with E-state index in [9.17, 15) is 0 Å². The van der Waals surface area contributed by atoms with Crippen molar-refractivity contribution in [3.8, 4) is 11.4 Å². The van der Waals surface area contributed by atoms with E-state index in [0.717, 1.165) is 24.3 Å². The van der Waals surface area contributed by atoms with Crippen molar-refractivity contribution in [2.45, 2.75) is 19.5 Å². The molecular weight excluding hydrogens is 318 g/mol. The fourth-order valence-corrected chi connectivity index (χ4v) is 4.64. The van der Waals surface area contributed by atoms with Gasteiger partial charge in [0.25, 0.3) is 0 Å². The second kappa shape index (κ2) is 4.98. The number of para-hydroxylation sites is 3. The lowest BCUT2D eigenvalue weighted by Crippen LogP contribution is -2.42. The summed E-state index contributed by atoms with van der Waals surface area (Å²) in [7, 11) is 0. The summed E-state index contributed by atoms with van der Waals surface area (Å²) in [5.74, 6) is 1.08. The lowest BCUT2D eigenvalue weighted by atomic mass is 9.92. The van der Waals surface area contributed by atoms with Gasteiger partial charge >= 0.3 is 0 Å². The van der Waals surface area contributed by atoms with Gasteiger partial charge in [0.15, 0.2) is 0 Å². The van der Waals surface area contributed by atoms with Crippen LogP contribution in [-0.4, -0.2) is 16.1 Å². The number of anilines is 1. The second-order valence-corrected chi connectivity index (χ2v) is 7.33. The molecule has 3 nitrogen and oxygen atoms in total. The molecule has 0 saturated heterocycles. The van der Waals surface area contributed by atoms with E-state index in [0.29, 0.717) is 0 Å². The number of hydrogen-bond donors (Lipinski definition) is 0. The average molecular weight is 337 g/mol. The first kappa shape index (κ1) is 14.1. The molecule has 0 amide bonds. The largest absolute Gasteiger partial charge is 0.346 e. The van der Waals surface area contributed by atoms with Gasteiger partial charge in [0.2, 0.25) is 0 Å². The zero-order valence-electron chi connectivity index (χ0n) is 14.7. The standard InChI is InChI=1S/C23H19N3/c1-15-10-11-16-12-13-25-20-8-4-2-6-17(20)22-24-19-7-3-5-9-21(19)26(22)23(25)18(16)14-15/h2-11,14,23H,12-13H2,1H3. The second-order valence-electron chi connectivity index (χ2n) is 7.33. The third-order valence-corrected chi connectivity index (χ3v) is 5.79. The molecule has 3 heteroatoms. The van der Waals surface area contributed by atoms with Crippen LogP contribution in [0.25, 0.3) is 22.4 Å². The van der Waals surface area contributed by atoms with Crippen LogP contribution in [0.4, 0.5) is 5.69 Å². The number of rotatable bonds is 0. The monoisotopic (exact) mass is 337 g/mol. The third-order valence-electron chi connectivity index (χ3n) is 5.79. The molecule has 26 heavy (non-hydrogen) atoms. The molecule has 4 aromatic rings. The summed E-state index contributed by atoms with van der Waals surface area (Å²) in [5.41, 5.74) is 8.99. The molecule has 0 saturated carbocycles. The molecule has 2 aliphatic rings. The van der Waals surface area contributed by atoms with Crippen molar-refractivity contribution < 1.29 is 0 Å². The number of fused-ring (bicyclic) bond motifs is 10. The Morgan fingerprint density at radius 1 is 0.962 bits per heavy atom. The predicted octanol–water partition coefficient (Wildman–Crippen LogP) is 4.93. The van der Waals surface area contributed by atoms with Crippen LogP contribution in [0.3, 0.4) is 0 Å². The highest BCUT2D eigenvalue weighted by atomic mass is 15.3. The minimum absolute atomic E-state index is 0.177. The van der Waals surface area contributed by atoms with Crippen LogP contribution in [0.15, 0.2) is 66.7 Å². The molecule has 0 aliphatic carbocycles. The molecule has 1 aromatic heterocycles. The number of aromatic nitrogens is 2. The highest BCUT2D eigenvalue weighted by Crippen LogP contribution is 2.47. The smallest absolute Gasteiger partial charge is 0.145 e. The summed E-state index contributed by atoms with van der Waals surface area (Å²) >= 11 is 0. The van der Waals surface area contributed by atoms with Crippen LogP contribution in [0, 0.1) is 6.92 Å². The van der Waals surface area contributed by atoms with E-state index in [2.05, 4.69) is 83.1 Å². The van der Waals surface area contributed by atoms with Gasteiger partial charge in [0.05, 0.1) is 11.0 Å². The SMILES string of the molecule is Cc1ccc2c(c1)C1N(CC2)c2ccccc2-c2nc3ccccc3n21. The Bertz CT molecular complexity index is 1170. The maximum Gasteiger partial charge on any atom is 0.145 e. The van der Waals surface area contributed by atoms with Crippen LogP contribution in [0.1, 0.15) is 22.9 Å². The van der Waals surface area contributed by atoms with E-state index < -0.39 is 0 Å². The summed E-state index contributed by atoms with van der Waals surface area (Å²) in [6, 6.07) is 24.1. The Kier molecular flexibility index (Phi) is 2.71. The van der Waals surface area contributed by atoms with Crippen molar-refractivity contribution in [2.75, 3.05) is 11.4 Å². The van der Waals surface area contributed by atoms with Crippen molar-refractivity contribution in [2.24, 2.45) is 0 Å². The number of nitrogens with zero attached hydrogens (tertiary/aromatic N) is 3. The molecule has 0 spiro atoms. The molecule has 126 valence electrons. The number of benzene rings is 3. The minimum Gasteiger partial charge on any atom is -0.346 e. The fourth-order valence-electron chi connectivity index (χ4n) is 4.64. The summed E-state index contributed by atoms with van der Waals surface area (Å²) in [6.45, 7) is 3.21. The number of hydrogen-bond acceptors (Lipinski definition) is 2. The van der Waals surface area contributed by atoms with Crippen LogP contribution >= 0.6 is 0 Å². The minimum atomic E-state index is 0.177. The van der Waals surface area contributed by atoms with Crippen molar-refractivity contribution in [3.05, 3.63) is 83.4 Å². The van der Waals surface area contributed by atoms with Crippen LogP contribution < -0.4 is 4.90 Å². The molecule has 0 bridgehead atoms. The number of imidazole rings is 1. The van der Waals surface area contributed by atoms with Gasteiger partial charge in [-0.15, -0.1) is 0 Å². The van der Waals surface area contributed by atoms with Crippen LogP contribution in [0.2, 0.25) is 0 Å². The topological polar surface area (TPSA) is 21.1 Å². The zero-order chi connectivity index (χ0) is 17.3. The molecule has 1 atom stereocenters. The molecule has 3 aromatic carbocycles. The Balaban J connectivity index is 1.74. The maximum absolute atomic E-state index is 5.02. The van der Waals surface area contributed by atoms with Crippen LogP contribution in [0.5, 0.6) is 0 Å². The van der Waals surface area contributed by atoms with Crippen molar-refractivity contribution in [1.29, 1.82) is 0 Å². The Labute approximate surface area is 152 Å². The van der Waals surface area contributed by atoms with Crippen molar-refractivity contribution >= 4 is 16.7 Å². The first-order valence-electron chi connectivity index (χ1n) is 9.24. The predicted molar refractivity (Wildman–Crippen MR) is 106 cm³/mol. The molecule has 0 N–H and O–H groups in total. The van der Waals surface area contributed by atoms with Gasteiger partial charge in [-0.1, -0.05) is 48.0 Å². The van der Waals surface area contributed by atoms with E-state index >= 15 is 0 Å². The molecule has 6 rings (SSSR count). The zero-order valence-corrected chi connectivity index (χ0v) is 14.7. The Morgan fingerprint density at radius 3 is 2.77 bits per heavy atom. The highest BCUT2D eigenvalue weighted by Gasteiger charge is 2.37. The quantitative estimate of drug-likeness (QED) is 0.453. The van der Waals surface area contributed by atoms with Crippen molar-refractivity contribution in [1.82, 2.24) is 9.55 Å². The van der Waals surface area contributed by atoms with Gasteiger partial charge in [-0.2, -0.15) is 0 Å². The Hall–Kier alpha value is -3.07. The van der Waals surface area contributed by atoms with E-state index in [1.165, 1.54) is 33.5 Å². The van der Waals surface area contributed by atoms with Crippen LogP contribution in [-0.2, 0) is 6.42 Å². The van der Waals surface area contributed by atoms with Gasteiger partial charge < -0.3 is 4.90 Å². The molecule has 0 fully saturated rings. The van der Waals surface area contributed by atoms with Gasteiger partial charge in [0.1, 0.15) is 12.0 Å². The lowest BCUT2D eigenvalue weighted by molar-refractivity contribution is 0.517. The molecular formula is C23H19N3. The molecule has 1 unspecified atom stereocenters. The van der Waals surface area contributed by atoms with E-state index in [-0.39, 0.29) is 6.17 Å². The van der Waals surface area contributed by atoms with Gasteiger partial charge in [-0.25, -0.2) is 4.98 Å². The third kappa shape index (κ3) is 1.75. The number of aryl methyl sites for hydroxylation is 1. The Morgan fingerprint density at radius 2 is 1.81 bits per heavy atom. The van der Waals surface area contributed by atoms with Crippen molar-refractivity contribution in [3.63, 3.8) is 0 Å². The summed E-state index contributed by atoms with van der Waals surface area (Å²) < 4.78 is 2.44. The first-order chi connectivity index (χ1) is 12.8. The first-order valence-corrected chi connectivity index (χ1v) is 9.24. The molecule has 3 heterocycles. The van der Waals surface area contributed by atoms with E-state index in [1.807, 2.05) is 0 Å². The van der Waals surface area contributed by atoms with Gasteiger partial charge in [-0.05, 0) is 48.7 Å². The lowest BCUT2D eigenvalue weighted by Gasteiger charge is -2.44. The van der Waals surface area contributed by atoms with Gasteiger partial charge in [-0.3, -0.25) is 4.57 Å². The molecule has 2 aliphatic heterocycles.